The fourth-order valence-corrected chi connectivity index (χ4v) is 2.33. The number of hydrogen-bond acceptors (Lipinski definition) is 5. The molecule has 6 heteroatoms. The van der Waals surface area contributed by atoms with Crippen molar-refractivity contribution in [3.05, 3.63) is 0 Å². The molecule has 0 aromatic rings. The van der Waals surface area contributed by atoms with Gasteiger partial charge in [0.15, 0.2) is 5.79 Å². The molecule has 2 rings (SSSR count). The molecule has 2 aliphatic heterocycles. The van der Waals surface area contributed by atoms with Crippen molar-refractivity contribution in [1.29, 1.82) is 0 Å². The highest BCUT2D eigenvalue weighted by Crippen LogP contribution is 2.35. The van der Waals surface area contributed by atoms with Crippen molar-refractivity contribution in [3.8, 4) is 0 Å². The zero-order chi connectivity index (χ0) is 13.4. The van der Waals surface area contributed by atoms with Crippen LogP contribution in [-0.2, 0) is 14.2 Å². The summed E-state index contributed by atoms with van der Waals surface area (Å²) in [5, 5.41) is 9.37. The quantitative estimate of drug-likeness (QED) is 0.752. The molecule has 0 aliphatic carbocycles. The van der Waals surface area contributed by atoms with Crippen LogP contribution in [0.1, 0.15) is 27.2 Å². The number of ether oxygens (including phenoxy) is 3. The Bertz CT molecular complexity index is 319. The Labute approximate surface area is 107 Å². The van der Waals surface area contributed by atoms with E-state index in [1.807, 2.05) is 20.8 Å². The highest BCUT2D eigenvalue weighted by molar-refractivity contribution is 5.69. The van der Waals surface area contributed by atoms with Gasteiger partial charge in [-0.05, 0) is 20.8 Å². The van der Waals surface area contributed by atoms with Crippen molar-refractivity contribution in [2.24, 2.45) is 0 Å². The molecule has 1 spiro atoms. The largest absolute Gasteiger partial charge is 0.444 e. The van der Waals surface area contributed by atoms with Gasteiger partial charge in [-0.15, -0.1) is 0 Å². The lowest BCUT2D eigenvalue weighted by molar-refractivity contribution is -0.145. The van der Waals surface area contributed by atoms with Crippen molar-refractivity contribution >= 4 is 6.09 Å². The van der Waals surface area contributed by atoms with E-state index in [1.165, 1.54) is 4.90 Å². The molecule has 104 valence electrons. The number of likely N-dealkylation sites (tertiary alicyclic amines) is 1. The van der Waals surface area contributed by atoms with Gasteiger partial charge in [0.1, 0.15) is 5.60 Å². The third kappa shape index (κ3) is 2.76. The van der Waals surface area contributed by atoms with Crippen LogP contribution in [0.3, 0.4) is 0 Å². The Kier molecular flexibility index (Phi) is 3.53. The number of carbonyl (C=O) groups excluding carboxylic acids is 1. The number of aliphatic hydroxyl groups excluding tert-OH is 1. The Balaban J connectivity index is 2.05. The Morgan fingerprint density at radius 2 is 2.06 bits per heavy atom. The van der Waals surface area contributed by atoms with Crippen LogP contribution in [0.25, 0.3) is 0 Å². The van der Waals surface area contributed by atoms with E-state index in [4.69, 9.17) is 14.2 Å². The summed E-state index contributed by atoms with van der Waals surface area (Å²) in [4.78, 5) is 13.5. The molecule has 2 saturated heterocycles. The fourth-order valence-electron chi connectivity index (χ4n) is 2.33. The molecular weight excluding hydrogens is 238 g/mol. The van der Waals surface area contributed by atoms with E-state index in [0.29, 0.717) is 26.2 Å². The average molecular weight is 259 g/mol. The normalized spacial score (nSPS) is 26.9. The van der Waals surface area contributed by atoms with Crippen molar-refractivity contribution in [2.75, 3.05) is 26.4 Å². The van der Waals surface area contributed by atoms with E-state index in [9.17, 15) is 9.90 Å². The molecule has 2 aliphatic rings. The smallest absolute Gasteiger partial charge is 0.410 e. The first-order chi connectivity index (χ1) is 8.35. The Hall–Kier alpha value is -0.850. The maximum Gasteiger partial charge on any atom is 0.410 e. The Morgan fingerprint density at radius 3 is 2.56 bits per heavy atom. The summed E-state index contributed by atoms with van der Waals surface area (Å²) in [5.74, 6) is -0.746. The first kappa shape index (κ1) is 13.6. The van der Waals surface area contributed by atoms with Gasteiger partial charge in [0, 0.05) is 6.42 Å². The van der Waals surface area contributed by atoms with Crippen LogP contribution in [0, 0.1) is 0 Å². The topological polar surface area (TPSA) is 68.2 Å². The third-order valence-electron chi connectivity index (χ3n) is 3.05. The molecule has 1 N–H and O–H groups in total. The zero-order valence-corrected chi connectivity index (χ0v) is 11.1. The van der Waals surface area contributed by atoms with Crippen molar-refractivity contribution in [3.63, 3.8) is 0 Å². The van der Waals surface area contributed by atoms with Crippen molar-refractivity contribution in [2.45, 2.75) is 44.6 Å². The second-order valence-corrected chi connectivity index (χ2v) is 5.76. The predicted molar refractivity (Wildman–Crippen MR) is 63.1 cm³/mol. The number of nitrogens with zero attached hydrogens (tertiary/aromatic N) is 1. The highest BCUT2D eigenvalue weighted by atomic mass is 16.7. The third-order valence-corrected chi connectivity index (χ3v) is 3.05. The fraction of sp³-hybridized carbons (Fsp3) is 0.917. The second kappa shape index (κ2) is 4.68. The molecule has 0 saturated carbocycles. The van der Waals surface area contributed by atoms with Crippen LogP contribution in [0.5, 0.6) is 0 Å². The molecule has 2 fully saturated rings. The summed E-state index contributed by atoms with van der Waals surface area (Å²) in [6.07, 6.45) is 0.0560. The van der Waals surface area contributed by atoms with Crippen molar-refractivity contribution in [1.82, 2.24) is 4.90 Å². The first-order valence-electron chi connectivity index (χ1n) is 6.24. The van der Waals surface area contributed by atoms with E-state index in [0.717, 1.165) is 0 Å². The van der Waals surface area contributed by atoms with Crippen LogP contribution in [0.2, 0.25) is 0 Å². The van der Waals surface area contributed by atoms with Gasteiger partial charge >= 0.3 is 6.09 Å². The van der Waals surface area contributed by atoms with Gasteiger partial charge in [0.25, 0.3) is 0 Å². The number of carbonyl (C=O) groups is 1. The maximum atomic E-state index is 12.1. The van der Waals surface area contributed by atoms with Crippen LogP contribution in [-0.4, -0.2) is 59.9 Å². The van der Waals surface area contributed by atoms with E-state index in [2.05, 4.69) is 0 Å². The summed E-state index contributed by atoms with van der Waals surface area (Å²) < 4.78 is 16.4. The van der Waals surface area contributed by atoms with Gasteiger partial charge in [0.05, 0.1) is 32.4 Å². The van der Waals surface area contributed by atoms with Crippen LogP contribution in [0.15, 0.2) is 0 Å². The lowest BCUT2D eigenvalue weighted by atomic mass is 10.1. The molecular formula is C12H21NO5. The highest BCUT2D eigenvalue weighted by Gasteiger charge is 2.50. The SMILES string of the molecule is CC(C)(C)OC(=O)N1CC2(C[C@@H]1CO)OCCO2. The van der Waals surface area contributed by atoms with Gasteiger partial charge in [-0.3, -0.25) is 4.90 Å². The number of amides is 1. The minimum atomic E-state index is -0.746. The first-order valence-corrected chi connectivity index (χ1v) is 6.24. The molecule has 2 heterocycles. The summed E-state index contributed by atoms with van der Waals surface area (Å²) in [5.41, 5.74) is -0.551. The molecule has 18 heavy (non-hydrogen) atoms. The van der Waals surface area contributed by atoms with Crippen LogP contribution in [0.4, 0.5) is 4.79 Å². The van der Waals surface area contributed by atoms with E-state index < -0.39 is 17.5 Å². The molecule has 0 unspecified atom stereocenters. The van der Waals surface area contributed by atoms with Crippen LogP contribution >= 0.6 is 0 Å². The van der Waals surface area contributed by atoms with Gasteiger partial charge in [0.2, 0.25) is 0 Å². The minimum absolute atomic E-state index is 0.117. The monoisotopic (exact) mass is 259 g/mol. The zero-order valence-electron chi connectivity index (χ0n) is 11.1. The number of aliphatic hydroxyl groups is 1. The number of hydrogen-bond donors (Lipinski definition) is 1. The summed E-state index contributed by atoms with van der Waals surface area (Å²) in [6, 6.07) is -0.307. The predicted octanol–water partition coefficient (Wildman–Crippen LogP) is 0.731. The molecule has 6 nitrogen and oxygen atoms in total. The molecule has 1 amide bonds. The molecule has 0 bridgehead atoms. The standard InChI is InChI=1S/C12H21NO5/c1-11(2,3)18-10(15)13-8-12(6-9(13)7-14)16-4-5-17-12/h9,14H,4-8H2,1-3H3/t9-/m1/s1. The van der Waals surface area contributed by atoms with Gasteiger partial charge in [-0.25, -0.2) is 4.79 Å². The minimum Gasteiger partial charge on any atom is -0.444 e. The average Bonchev–Trinajstić information content (AvgIpc) is 2.84. The van der Waals surface area contributed by atoms with Crippen molar-refractivity contribution < 1.29 is 24.1 Å². The lowest BCUT2D eigenvalue weighted by Crippen LogP contribution is -2.42. The second-order valence-electron chi connectivity index (χ2n) is 5.76. The molecule has 0 aromatic heterocycles. The number of rotatable bonds is 1. The molecule has 0 radical (unpaired) electrons. The Morgan fingerprint density at radius 1 is 1.44 bits per heavy atom. The van der Waals surface area contributed by atoms with Gasteiger partial charge in [-0.1, -0.05) is 0 Å². The summed E-state index contributed by atoms with van der Waals surface area (Å²) in [6.45, 7) is 6.69. The van der Waals surface area contributed by atoms with E-state index in [1.54, 1.807) is 0 Å². The van der Waals surface area contributed by atoms with Crippen LogP contribution < -0.4 is 0 Å². The summed E-state index contributed by atoms with van der Waals surface area (Å²) >= 11 is 0. The lowest BCUT2D eigenvalue weighted by Gasteiger charge is -2.27. The van der Waals surface area contributed by atoms with E-state index >= 15 is 0 Å². The van der Waals surface area contributed by atoms with Gasteiger partial charge in [-0.2, -0.15) is 0 Å². The summed E-state index contributed by atoms with van der Waals surface area (Å²) in [7, 11) is 0. The maximum absolute atomic E-state index is 12.1. The molecule has 1 atom stereocenters. The van der Waals surface area contributed by atoms with E-state index in [-0.39, 0.29) is 12.6 Å². The van der Waals surface area contributed by atoms with Gasteiger partial charge < -0.3 is 19.3 Å². The molecule has 0 aromatic carbocycles.